The maximum atomic E-state index is 11.3. The Labute approximate surface area is 92.0 Å². The van der Waals surface area contributed by atoms with E-state index in [1.165, 1.54) is 5.56 Å². The van der Waals surface area contributed by atoms with E-state index in [4.69, 9.17) is 0 Å². The van der Waals surface area contributed by atoms with Gasteiger partial charge in [-0.05, 0) is 24.1 Å². The normalized spacial score (nSPS) is 21.7. The third-order valence-corrected chi connectivity index (χ3v) is 3.28. The van der Waals surface area contributed by atoms with Gasteiger partial charge in [-0.15, -0.1) is 0 Å². The first-order valence-corrected chi connectivity index (χ1v) is 5.49. The second-order valence-electron chi connectivity index (χ2n) is 3.61. The molecule has 0 radical (unpaired) electrons. The third-order valence-electron chi connectivity index (χ3n) is 2.75. The van der Waals surface area contributed by atoms with Gasteiger partial charge in [-0.2, -0.15) is 0 Å². The van der Waals surface area contributed by atoms with Crippen LogP contribution < -0.4 is 0 Å². The van der Waals surface area contributed by atoms with Crippen molar-refractivity contribution in [1.82, 2.24) is 4.90 Å². The molecule has 1 aliphatic heterocycles. The van der Waals surface area contributed by atoms with Crippen LogP contribution in [0.25, 0.3) is 0 Å². The van der Waals surface area contributed by atoms with E-state index >= 15 is 0 Å². The summed E-state index contributed by atoms with van der Waals surface area (Å²) in [5.74, 6) is 0.248. The van der Waals surface area contributed by atoms with Crippen LogP contribution in [0.15, 0.2) is 28.7 Å². The molecule has 1 unspecified atom stereocenters. The van der Waals surface area contributed by atoms with E-state index < -0.39 is 0 Å². The smallest absolute Gasteiger partial charge is 0.222 e. The fraction of sp³-hybridized carbons (Fsp3) is 0.364. The van der Waals surface area contributed by atoms with E-state index in [0.29, 0.717) is 6.42 Å². The average Bonchev–Trinajstić information content (AvgIpc) is 2.50. The van der Waals surface area contributed by atoms with Crippen LogP contribution in [0.2, 0.25) is 0 Å². The standard InChI is InChI=1S/C11H12BrNO/c1-13-10(6-7-11(13)14)8-2-4-9(12)5-3-8/h2-5,10H,6-7H2,1H3. The van der Waals surface area contributed by atoms with Crippen molar-refractivity contribution in [3.05, 3.63) is 34.3 Å². The van der Waals surface area contributed by atoms with Gasteiger partial charge in [0.1, 0.15) is 0 Å². The zero-order valence-corrected chi connectivity index (χ0v) is 9.62. The lowest BCUT2D eigenvalue weighted by Gasteiger charge is -2.20. The molecule has 2 rings (SSSR count). The van der Waals surface area contributed by atoms with Gasteiger partial charge in [-0.3, -0.25) is 4.79 Å². The van der Waals surface area contributed by atoms with Crippen LogP contribution in [0.5, 0.6) is 0 Å². The highest BCUT2D eigenvalue weighted by atomic mass is 79.9. The first kappa shape index (κ1) is 9.71. The second-order valence-corrected chi connectivity index (χ2v) is 4.53. The van der Waals surface area contributed by atoms with Gasteiger partial charge in [0.2, 0.25) is 5.91 Å². The highest BCUT2D eigenvalue weighted by Crippen LogP contribution is 2.31. The van der Waals surface area contributed by atoms with Crippen molar-refractivity contribution in [3.63, 3.8) is 0 Å². The summed E-state index contributed by atoms with van der Waals surface area (Å²) in [6, 6.07) is 8.46. The monoisotopic (exact) mass is 253 g/mol. The first-order chi connectivity index (χ1) is 6.68. The zero-order valence-electron chi connectivity index (χ0n) is 8.03. The van der Waals surface area contributed by atoms with Gasteiger partial charge in [0.05, 0.1) is 6.04 Å². The fourth-order valence-corrected chi connectivity index (χ4v) is 2.14. The van der Waals surface area contributed by atoms with E-state index in [-0.39, 0.29) is 11.9 Å². The Hall–Kier alpha value is -0.830. The van der Waals surface area contributed by atoms with Crippen LogP contribution in [0, 0.1) is 0 Å². The van der Waals surface area contributed by atoms with E-state index in [1.807, 2.05) is 24.1 Å². The number of likely N-dealkylation sites (tertiary alicyclic amines) is 1. The first-order valence-electron chi connectivity index (χ1n) is 4.69. The Bertz CT molecular complexity index is 347. The van der Waals surface area contributed by atoms with Crippen LogP contribution in [0.4, 0.5) is 0 Å². The number of rotatable bonds is 1. The quantitative estimate of drug-likeness (QED) is 0.754. The van der Waals surface area contributed by atoms with Crippen molar-refractivity contribution in [3.8, 4) is 0 Å². The van der Waals surface area contributed by atoms with Crippen molar-refractivity contribution in [2.24, 2.45) is 0 Å². The molecule has 1 amide bonds. The van der Waals surface area contributed by atoms with E-state index in [9.17, 15) is 4.79 Å². The number of hydrogen-bond donors (Lipinski definition) is 0. The molecule has 1 aromatic rings. The second kappa shape index (κ2) is 3.73. The molecule has 3 heteroatoms. The minimum Gasteiger partial charge on any atom is -0.339 e. The molecule has 2 nitrogen and oxygen atoms in total. The van der Waals surface area contributed by atoms with Gasteiger partial charge in [-0.25, -0.2) is 0 Å². The summed E-state index contributed by atoms with van der Waals surface area (Å²) >= 11 is 3.40. The van der Waals surface area contributed by atoms with Crippen molar-refractivity contribution in [2.45, 2.75) is 18.9 Å². The summed E-state index contributed by atoms with van der Waals surface area (Å²) in [5.41, 5.74) is 1.22. The van der Waals surface area contributed by atoms with E-state index in [2.05, 4.69) is 28.1 Å². The highest BCUT2D eigenvalue weighted by Gasteiger charge is 2.28. The largest absolute Gasteiger partial charge is 0.339 e. The van der Waals surface area contributed by atoms with Crippen LogP contribution >= 0.6 is 15.9 Å². The molecule has 1 fully saturated rings. The molecule has 1 heterocycles. The summed E-state index contributed by atoms with van der Waals surface area (Å²) in [6.07, 6.45) is 1.62. The number of carbonyl (C=O) groups excluding carboxylic acids is 1. The van der Waals surface area contributed by atoms with Gasteiger partial charge in [0, 0.05) is 17.9 Å². The number of carbonyl (C=O) groups is 1. The third kappa shape index (κ3) is 1.69. The molecule has 1 aromatic carbocycles. The molecule has 0 aliphatic carbocycles. The van der Waals surface area contributed by atoms with Gasteiger partial charge < -0.3 is 4.90 Å². The molecule has 0 saturated carbocycles. The lowest BCUT2D eigenvalue weighted by atomic mass is 10.1. The highest BCUT2D eigenvalue weighted by molar-refractivity contribution is 9.10. The lowest BCUT2D eigenvalue weighted by molar-refractivity contribution is -0.127. The Morgan fingerprint density at radius 3 is 2.50 bits per heavy atom. The predicted octanol–water partition coefficient (Wildman–Crippen LogP) is 2.74. The summed E-state index contributed by atoms with van der Waals surface area (Å²) in [7, 11) is 1.88. The average molecular weight is 254 g/mol. The Morgan fingerprint density at radius 1 is 1.36 bits per heavy atom. The maximum Gasteiger partial charge on any atom is 0.222 e. The Balaban J connectivity index is 2.23. The molecular weight excluding hydrogens is 242 g/mol. The van der Waals surface area contributed by atoms with Gasteiger partial charge in [-0.1, -0.05) is 28.1 Å². The molecule has 0 spiro atoms. The van der Waals surface area contributed by atoms with Gasteiger partial charge >= 0.3 is 0 Å². The van der Waals surface area contributed by atoms with Crippen LogP contribution in [0.3, 0.4) is 0 Å². The summed E-state index contributed by atoms with van der Waals surface area (Å²) < 4.78 is 1.08. The molecule has 14 heavy (non-hydrogen) atoms. The van der Waals surface area contributed by atoms with Crippen molar-refractivity contribution in [2.75, 3.05) is 7.05 Å². The lowest BCUT2D eigenvalue weighted by Crippen LogP contribution is -2.22. The number of amides is 1. The molecule has 0 aromatic heterocycles. The fourth-order valence-electron chi connectivity index (χ4n) is 1.88. The van der Waals surface area contributed by atoms with Crippen LogP contribution in [-0.4, -0.2) is 17.9 Å². The molecule has 1 atom stereocenters. The zero-order chi connectivity index (χ0) is 10.1. The van der Waals surface area contributed by atoms with Crippen LogP contribution in [0.1, 0.15) is 24.4 Å². The Kier molecular flexibility index (Phi) is 2.59. The minimum absolute atomic E-state index is 0.248. The molecule has 0 N–H and O–H groups in total. The van der Waals surface area contributed by atoms with Gasteiger partial charge in [0.15, 0.2) is 0 Å². The molecule has 74 valence electrons. The maximum absolute atomic E-state index is 11.3. The predicted molar refractivity (Wildman–Crippen MR) is 58.9 cm³/mol. The number of nitrogens with zero attached hydrogens (tertiary/aromatic N) is 1. The molecular formula is C11H12BrNO. The van der Waals surface area contributed by atoms with Crippen molar-refractivity contribution < 1.29 is 4.79 Å². The van der Waals surface area contributed by atoms with E-state index in [0.717, 1.165) is 10.9 Å². The van der Waals surface area contributed by atoms with Crippen molar-refractivity contribution >= 4 is 21.8 Å². The number of halogens is 1. The molecule has 1 aliphatic rings. The van der Waals surface area contributed by atoms with Gasteiger partial charge in [0.25, 0.3) is 0 Å². The topological polar surface area (TPSA) is 20.3 Å². The summed E-state index contributed by atoms with van der Waals surface area (Å²) in [6.45, 7) is 0. The summed E-state index contributed by atoms with van der Waals surface area (Å²) in [5, 5.41) is 0. The summed E-state index contributed by atoms with van der Waals surface area (Å²) in [4.78, 5) is 13.2. The van der Waals surface area contributed by atoms with Crippen molar-refractivity contribution in [1.29, 1.82) is 0 Å². The van der Waals surface area contributed by atoms with Crippen LogP contribution in [-0.2, 0) is 4.79 Å². The molecule has 1 saturated heterocycles. The SMILES string of the molecule is CN1C(=O)CCC1c1ccc(Br)cc1. The van der Waals surface area contributed by atoms with E-state index in [1.54, 1.807) is 0 Å². The minimum atomic E-state index is 0.248. The number of hydrogen-bond acceptors (Lipinski definition) is 1. The number of benzene rings is 1. The Morgan fingerprint density at radius 2 is 2.00 bits per heavy atom. The molecule has 0 bridgehead atoms.